The predicted molar refractivity (Wildman–Crippen MR) is 377 cm³/mol. The molecular formula is C72H138N4O14S2. The molecule has 4 unspecified atom stereocenters. The van der Waals surface area contributed by atoms with E-state index in [2.05, 4.69) is 61.1 Å². The first-order valence-electron chi connectivity index (χ1n) is 37.3. The van der Waals surface area contributed by atoms with E-state index < -0.39 is 24.4 Å². The second-order valence-electron chi connectivity index (χ2n) is 26.2. The molecule has 4 atom stereocenters. The van der Waals surface area contributed by atoms with Gasteiger partial charge in [-0.25, -0.2) is 0 Å². The molecule has 0 saturated carbocycles. The maximum Gasteiger partial charge on any atom is 0.305 e. The van der Waals surface area contributed by atoms with Crippen molar-refractivity contribution in [2.24, 2.45) is 11.8 Å². The molecule has 0 aromatic heterocycles. The van der Waals surface area contributed by atoms with Crippen LogP contribution < -0.4 is 0 Å². The minimum atomic E-state index is -0.541. The number of esters is 5. The van der Waals surface area contributed by atoms with Crippen molar-refractivity contribution in [3.63, 3.8) is 0 Å². The lowest BCUT2D eigenvalue weighted by molar-refractivity contribution is -0.146. The van der Waals surface area contributed by atoms with Crippen LogP contribution in [0.3, 0.4) is 0 Å². The zero-order chi connectivity index (χ0) is 67.5. The molecule has 20 heteroatoms. The highest BCUT2D eigenvalue weighted by Crippen LogP contribution is 2.23. The average molecular weight is 1350 g/mol. The summed E-state index contributed by atoms with van der Waals surface area (Å²) in [6, 6.07) is 0. The number of piperazine rings is 1. The van der Waals surface area contributed by atoms with Crippen LogP contribution in [0.5, 0.6) is 0 Å². The molecule has 92 heavy (non-hydrogen) atoms. The highest BCUT2D eigenvalue weighted by Gasteiger charge is 2.21. The molecule has 1 aliphatic rings. The Morgan fingerprint density at radius 1 is 0.359 bits per heavy atom. The number of hydrogen-bond acceptors (Lipinski definition) is 20. The maximum atomic E-state index is 12.9. The summed E-state index contributed by atoms with van der Waals surface area (Å²) in [6.45, 7) is 24.0. The molecule has 0 bridgehead atoms. The molecule has 542 valence electrons. The van der Waals surface area contributed by atoms with Crippen LogP contribution in [-0.4, -0.2) is 217 Å². The maximum absolute atomic E-state index is 12.9. The van der Waals surface area contributed by atoms with Crippen molar-refractivity contribution in [1.29, 1.82) is 0 Å². The molecule has 1 aliphatic heterocycles. The molecule has 1 saturated heterocycles. The molecule has 1 fully saturated rings. The topological polar surface area (TPSA) is 225 Å². The third-order valence-corrected chi connectivity index (χ3v) is 20.3. The predicted octanol–water partition coefficient (Wildman–Crippen LogP) is 13.1. The number of rotatable bonds is 66. The number of carbonyl (C=O) groups excluding carboxylic acids is 5. The average Bonchev–Trinajstić information content (AvgIpc) is 3.05. The summed E-state index contributed by atoms with van der Waals surface area (Å²) in [5.74, 6) is 2.18. The monoisotopic (exact) mass is 1350 g/mol. The molecular weight excluding hydrogens is 1210 g/mol. The van der Waals surface area contributed by atoms with Crippen LogP contribution in [0.25, 0.3) is 0 Å². The number of aliphatic hydroxyl groups is 4. The van der Waals surface area contributed by atoms with Gasteiger partial charge >= 0.3 is 29.8 Å². The number of unbranched alkanes of at least 4 members (excludes halogenated alkanes) is 15. The molecule has 0 amide bonds. The zero-order valence-electron chi connectivity index (χ0n) is 59.3. The Labute approximate surface area is 568 Å². The lowest BCUT2D eigenvalue weighted by atomic mass is 10.0. The molecule has 18 nitrogen and oxygen atoms in total. The van der Waals surface area contributed by atoms with E-state index in [-0.39, 0.29) is 29.8 Å². The van der Waals surface area contributed by atoms with Gasteiger partial charge in [0.1, 0.15) is 6.61 Å². The van der Waals surface area contributed by atoms with E-state index in [0.29, 0.717) is 148 Å². The van der Waals surface area contributed by atoms with Gasteiger partial charge in [0, 0.05) is 109 Å². The molecule has 0 aromatic rings. The van der Waals surface area contributed by atoms with E-state index in [9.17, 15) is 44.4 Å². The summed E-state index contributed by atoms with van der Waals surface area (Å²) in [7, 11) is 3.79. The fraction of sp³-hybridized carbons (Fsp3) is 0.931. The number of carbonyl (C=O) groups is 5. The van der Waals surface area contributed by atoms with E-state index in [4.69, 9.17) is 23.7 Å². The van der Waals surface area contributed by atoms with Crippen LogP contribution in [0.4, 0.5) is 0 Å². The standard InChI is InChI=1S/C72H138N4O14S2/c1-7-13-51-86-68(81)38-27-19-15-23-36-66(79)58-76(59-67(80)37-24-16-20-28-39-69(82)87-52-14-8-2)44-33-54-91-92-55-50-74-47-45-73(46-48-74)49-53-88-70(83)42-31-32-43-75(56-64(77)34-25-17-21-29-40-71(84)89-60-62(9-3)10-4)57-65(78)35-26-18-22-30-41-72(85)90-61-63(11-5)12-6/h62-67,77-80H,7-61H2,1-6H3. The van der Waals surface area contributed by atoms with Gasteiger partial charge in [-0.1, -0.05) is 179 Å². The van der Waals surface area contributed by atoms with Crippen LogP contribution in [0.1, 0.15) is 273 Å². The Balaban J connectivity index is 2.47. The fourth-order valence-corrected chi connectivity index (χ4v) is 13.4. The number of ether oxygens (including phenoxy) is 5. The van der Waals surface area contributed by atoms with E-state index >= 15 is 0 Å². The van der Waals surface area contributed by atoms with Crippen LogP contribution in [0.2, 0.25) is 0 Å². The summed E-state index contributed by atoms with van der Waals surface area (Å²) < 4.78 is 27.2. The summed E-state index contributed by atoms with van der Waals surface area (Å²) in [4.78, 5) is 70.4. The summed E-state index contributed by atoms with van der Waals surface area (Å²) in [5.41, 5.74) is 0. The Morgan fingerprint density at radius 3 is 1.02 bits per heavy atom. The lowest BCUT2D eigenvalue weighted by Crippen LogP contribution is -2.47. The summed E-state index contributed by atoms with van der Waals surface area (Å²) >= 11 is 0. The number of nitrogens with zero attached hydrogens (tertiary/aromatic N) is 4. The van der Waals surface area contributed by atoms with Gasteiger partial charge in [-0.2, -0.15) is 0 Å². The van der Waals surface area contributed by atoms with Gasteiger partial charge < -0.3 is 44.1 Å². The fourth-order valence-electron chi connectivity index (χ4n) is 11.3. The lowest BCUT2D eigenvalue weighted by Gasteiger charge is -2.34. The van der Waals surface area contributed by atoms with Gasteiger partial charge in [0.15, 0.2) is 0 Å². The smallest absolute Gasteiger partial charge is 0.305 e. The molecule has 1 heterocycles. The molecule has 0 aromatic carbocycles. The van der Waals surface area contributed by atoms with Crippen molar-refractivity contribution < 1.29 is 68.1 Å². The first-order valence-corrected chi connectivity index (χ1v) is 39.8. The number of hydrogen-bond donors (Lipinski definition) is 4. The van der Waals surface area contributed by atoms with Crippen LogP contribution in [-0.2, 0) is 47.7 Å². The first-order chi connectivity index (χ1) is 44.6. The summed E-state index contributed by atoms with van der Waals surface area (Å²) in [6.07, 6.45) is 27.1. The van der Waals surface area contributed by atoms with Gasteiger partial charge in [-0.3, -0.25) is 43.6 Å². The van der Waals surface area contributed by atoms with Crippen molar-refractivity contribution in [1.82, 2.24) is 19.6 Å². The Hall–Kier alpha value is -2.27. The van der Waals surface area contributed by atoms with E-state index in [1.807, 2.05) is 21.6 Å². The van der Waals surface area contributed by atoms with Crippen LogP contribution in [0, 0.1) is 11.8 Å². The van der Waals surface area contributed by atoms with E-state index in [1.54, 1.807) is 0 Å². The van der Waals surface area contributed by atoms with Gasteiger partial charge in [0.05, 0.1) is 50.8 Å². The third-order valence-electron chi connectivity index (χ3n) is 17.9. The van der Waals surface area contributed by atoms with Crippen molar-refractivity contribution in [3.05, 3.63) is 0 Å². The Morgan fingerprint density at radius 2 is 0.663 bits per heavy atom. The van der Waals surface area contributed by atoms with E-state index in [0.717, 1.165) is 218 Å². The van der Waals surface area contributed by atoms with Crippen molar-refractivity contribution in [2.75, 3.05) is 123 Å². The summed E-state index contributed by atoms with van der Waals surface area (Å²) in [5, 5.41) is 44.3. The molecule has 4 N–H and O–H groups in total. The molecule has 0 aliphatic carbocycles. The Bertz CT molecular complexity index is 1660. The van der Waals surface area contributed by atoms with Gasteiger partial charge in [0.25, 0.3) is 0 Å². The third kappa shape index (κ3) is 53.8. The minimum Gasteiger partial charge on any atom is -0.466 e. The molecule has 1 rings (SSSR count). The second-order valence-corrected chi connectivity index (χ2v) is 28.9. The van der Waals surface area contributed by atoms with Crippen molar-refractivity contribution >= 4 is 51.4 Å². The van der Waals surface area contributed by atoms with Crippen LogP contribution >= 0.6 is 21.6 Å². The normalized spacial score (nSPS) is 14.5. The Kier molecular flexibility index (Phi) is 59.4. The number of aliphatic hydroxyl groups excluding tert-OH is 4. The largest absolute Gasteiger partial charge is 0.466 e. The van der Waals surface area contributed by atoms with Crippen LogP contribution in [0.15, 0.2) is 0 Å². The van der Waals surface area contributed by atoms with Crippen molar-refractivity contribution in [3.8, 4) is 0 Å². The quantitative estimate of drug-likeness (QED) is 0.0192. The SMILES string of the molecule is CCCCOC(=O)CCCCCCC(O)CN(CCCSSCCN1CCN(CCOC(=O)CCCCN(CC(O)CCCCCCC(=O)OCC(CC)CC)CC(O)CCCCCCC(=O)OCC(CC)CC)CC1)CC(O)CCCCCCC(=O)OCCCC. The van der Waals surface area contributed by atoms with E-state index in [1.165, 1.54) is 0 Å². The minimum absolute atomic E-state index is 0.119. The molecule has 0 radical (unpaired) electrons. The highest BCUT2D eigenvalue weighted by molar-refractivity contribution is 8.76. The van der Waals surface area contributed by atoms with Crippen molar-refractivity contribution in [2.45, 2.75) is 297 Å². The second kappa shape index (κ2) is 62.3. The van der Waals surface area contributed by atoms with Gasteiger partial charge in [-0.15, -0.1) is 0 Å². The zero-order valence-corrected chi connectivity index (χ0v) is 61.0. The highest BCUT2D eigenvalue weighted by atomic mass is 33.1. The van der Waals surface area contributed by atoms with Gasteiger partial charge in [0.2, 0.25) is 0 Å². The molecule has 0 spiro atoms. The van der Waals surface area contributed by atoms with Gasteiger partial charge in [-0.05, 0) is 108 Å². The first kappa shape index (κ1) is 87.7.